The predicted molar refractivity (Wildman–Crippen MR) is 154 cm³/mol. The van der Waals surface area contributed by atoms with Crippen molar-refractivity contribution in [1.82, 2.24) is 9.66 Å². The molecule has 0 radical (unpaired) electrons. The molecule has 39 heavy (non-hydrogen) atoms. The first kappa shape index (κ1) is 28.0. The molecule has 0 saturated carbocycles. The molecule has 11 nitrogen and oxygen atoms in total. The average Bonchev–Trinajstić information content (AvgIpc) is 2.91. The van der Waals surface area contributed by atoms with Gasteiger partial charge in [-0.1, -0.05) is 41.9 Å². The lowest BCUT2D eigenvalue weighted by Crippen LogP contribution is -2.23. The predicted octanol–water partition coefficient (Wildman–Crippen LogP) is 6.71. The first-order valence-electron chi connectivity index (χ1n) is 11.7. The fraction of sp³-hybridized carbons (Fsp3) is 0.192. The third-order valence-electron chi connectivity index (χ3n) is 5.96. The Morgan fingerprint density at radius 3 is 2.56 bits per heavy atom. The van der Waals surface area contributed by atoms with Crippen LogP contribution in [0.1, 0.15) is 43.1 Å². The molecule has 0 aliphatic heterocycles. The maximum absolute atomic E-state index is 13.3. The van der Waals surface area contributed by atoms with Crippen LogP contribution in [0.2, 0.25) is 0 Å². The number of nitrogens with zero attached hydrogens (tertiary/aromatic N) is 5. The Hall–Kier alpha value is -3.97. The summed E-state index contributed by atoms with van der Waals surface area (Å²) < 4.78 is 7.90. The second-order valence-corrected chi connectivity index (χ2v) is 10.4. The Bertz CT molecular complexity index is 1690. The van der Waals surface area contributed by atoms with Crippen LogP contribution in [-0.4, -0.2) is 25.7 Å². The number of benzene rings is 3. The van der Waals surface area contributed by atoms with E-state index in [9.17, 15) is 25.0 Å². The number of hydrogen-bond acceptors (Lipinski definition) is 8. The average molecular weight is 659 g/mol. The molecule has 1 heterocycles. The molecule has 4 aromatic rings. The summed E-state index contributed by atoms with van der Waals surface area (Å²) in [6.45, 7) is 3.79. The first-order valence-corrected chi connectivity index (χ1v) is 13.3. The molecule has 0 spiro atoms. The van der Waals surface area contributed by atoms with Gasteiger partial charge in [0.25, 0.3) is 11.2 Å². The molecule has 13 heteroatoms. The van der Waals surface area contributed by atoms with E-state index < -0.39 is 9.85 Å². The summed E-state index contributed by atoms with van der Waals surface area (Å²) in [5.74, 6) is 0.353. The van der Waals surface area contributed by atoms with Crippen molar-refractivity contribution in [1.29, 1.82) is 0 Å². The van der Waals surface area contributed by atoms with Crippen molar-refractivity contribution < 1.29 is 14.6 Å². The zero-order valence-corrected chi connectivity index (χ0v) is 23.9. The minimum Gasteiger partial charge on any atom is -0.481 e. The molecule has 200 valence electrons. The number of nitro benzene ring substituents is 2. The Labute approximate surface area is 238 Å². The third-order valence-corrected chi connectivity index (χ3v) is 7.04. The van der Waals surface area contributed by atoms with Crippen LogP contribution in [-0.2, 0) is 6.61 Å². The van der Waals surface area contributed by atoms with E-state index in [1.807, 2.05) is 19.9 Å². The van der Waals surface area contributed by atoms with Gasteiger partial charge in [-0.2, -0.15) is 9.78 Å². The molecule has 3 aromatic carbocycles. The summed E-state index contributed by atoms with van der Waals surface area (Å²) in [5, 5.41) is 27.7. The van der Waals surface area contributed by atoms with Crippen LogP contribution in [0, 0.1) is 20.2 Å². The highest BCUT2D eigenvalue weighted by Gasteiger charge is 2.21. The molecule has 0 amide bonds. The van der Waals surface area contributed by atoms with Crippen molar-refractivity contribution in [3.05, 3.63) is 111 Å². The SMILES string of the molecule is CC[C@H](C)c1nc2ccc(Br)cc2c(=O)n1N=Cc1cc(Br)c(OCc2cccc([N+](=O)[O-])c2)c([N+](=O)[O-])c1. The number of non-ortho nitro benzene ring substituents is 1. The van der Waals surface area contributed by atoms with Crippen LogP contribution >= 0.6 is 31.9 Å². The fourth-order valence-corrected chi connectivity index (χ4v) is 4.71. The van der Waals surface area contributed by atoms with Crippen molar-refractivity contribution in [2.75, 3.05) is 0 Å². The van der Waals surface area contributed by atoms with Gasteiger partial charge < -0.3 is 4.74 Å². The molecule has 0 aliphatic carbocycles. The molecule has 1 atom stereocenters. The first-order chi connectivity index (χ1) is 18.6. The molecule has 0 unspecified atom stereocenters. The molecule has 0 N–H and O–H groups in total. The summed E-state index contributed by atoms with van der Waals surface area (Å²) in [7, 11) is 0. The lowest BCUT2D eigenvalue weighted by atomic mass is 10.1. The Morgan fingerprint density at radius 1 is 1.10 bits per heavy atom. The molecular formula is C26H21Br2N5O6. The van der Waals surface area contributed by atoms with Gasteiger partial charge in [0, 0.05) is 34.2 Å². The van der Waals surface area contributed by atoms with Crippen LogP contribution in [0.4, 0.5) is 11.4 Å². The molecule has 0 saturated heterocycles. The Morgan fingerprint density at radius 2 is 1.87 bits per heavy atom. The standard InChI is InChI=1S/C26H21Br2N5O6/c1-3-15(2)25-30-22-8-7-18(27)12-20(22)26(34)31(25)29-13-17-10-21(28)24(23(11-17)33(37)38)39-14-16-5-4-6-19(9-16)32(35)36/h4-13,15H,3,14H2,1-2H3/t15-/m0/s1. The summed E-state index contributed by atoms with van der Waals surface area (Å²) in [5.41, 5.74) is 0.549. The number of ether oxygens (including phenoxy) is 1. The highest BCUT2D eigenvalue weighted by atomic mass is 79.9. The van der Waals surface area contributed by atoms with E-state index in [0.29, 0.717) is 27.9 Å². The number of aromatic nitrogens is 2. The van der Waals surface area contributed by atoms with Crippen molar-refractivity contribution in [3.63, 3.8) is 0 Å². The number of fused-ring (bicyclic) bond motifs is 1. The van der Waals surface area contributed by atoms with Crippen molar-refractivity contribution in [3.8, 4) is 5.75 Å². The van der Waals surface area contributed by atoms with Crippen molar-refractivity contribution in [2.45, 2.75) is 32.8 Å². The van der Waals surface area contributed by atoms with Gasteiger partial charge in [-0.3, -0.25) is 25.0 Å². The van der Waals surface area contributed by atoms with Gasteiger partial charge >= 0.3 is 5.69 Å². The highest BCUT2D eigenvalue weighted by molar-refractivity contribution is 9.10. The molecule has 4 rings (SSSR count). The third kappa shape index (κ3) is 6.20. The largest absolute Gasteiger partial charge is 0.481 e. The maximum atomic E-state index is 13.3. The summed E-state index contributed by atoms with van der Waals surface area (Å²) >= 11 is 6.70. The van der Waals surface area contributed by atoms with E-state index >= 15 is 0 Å². The topological polar surface area (TPSA) is 143 Å². The van der Waals surface area contributed by atoms with Crippen LogP contribution in [0.5, 0.6) is 5.75 Å². The van der Waals surface area contributed by atoms with Gasteiger partial charge in [-0.15, -0.1) is 0 Å². The zero-order chi connectivity index (χ0) is 28.3. The molecular weight excluding hydrogens is 638 g/mol. The molecule has 1 aromatic heterocycles. The van der Waals surface area contributed by atoms with E-state index in [1.54, 1.807) is 24.3 Å². The van der Waals surface area contributed by atoms with E-state index in [2.05, 4.69) is 41.9 Å². The second-order valence-electron chi connectivity index (χ2n) is 8.63. The van der Waals surface area contributed by atoms with Gasteiger partial charge in [0.15, 0.2) is 0 Å². The number of halogens is 2. The molecule has 0 fully saturated rings. The Kier molecular flexibility index (Phi) is 8.51. The normalized spacial score (nSPS) is 12.1. The number of hydrogen-bond donors (Lipinski definition) is 0. The van der Waals surface area contributed by atoms with E-state index in [-0.39, 0.29) is 39.7 Å². The highest BCUT2D eigenvalue weighted by Crippen LogP contribution is 2.37. The van der Waals surface area contributed by atoms with Gasteiger partial charge in [-0.25, -0.2) is 4.98 Å². The van der Waals surface area contributed by atoms with Gasteiger partial charge in [-0.05, 0) is 52.2 Å². The lowest BCUT2D eigenvalue weighted by Gasteiger charge is -2.14. The Balaban J connectivity index is 1.71. The minimum atomic E-state index is -0.600. The lowest BCUT2D eigenvalue weighted by molar-refractivity contribution is -0.386. The maximum Gasteiger partial charge on any atom is 0.312 e. The quantitative estimate of drug-likeness (QED) is 0.110. The number of nitro groups is 2. The monoisotopic (exact) mass is 657 g/mol. The van der Waals surface area contributed by atoms with E-state index in [0.717, 1.165) is 10.9 Å². The summed E-state index contributed by atoms with van der Waals surface area (Å²) in [6, 6.07) is 13.9. The van der Waals surface area contributed by atoms with Crippen LogP contribution in [0.25, 0.3) is 10.9 Å². The van der Waals surface area contributed by atoms with E-state index in [4.69, 9.17) is 4.74 Å². The van der Waals surface area contributed by atoms with Crippen LogP contribution in [0.3, 0.4) is 0 Å². The van der Waals surface area contributed by atoms with E-state index in [1.165, 1.54) is 35.2 Å². The van der Waals surface area contributed by atoms with Crippen molar-refractivity contribution in [2.24, 2.45) is 5.10 Å². The van der Waals surface area contributed by atoms with Gasteiger partial charge in [0.05, 0.1) is 31.4 Å². The fourth-order valence-electron chi connectivity index (χ4n) is 3.77. The van der Waals surface area contributed by atoms with Crippen molar-refractivity contribution >= 4 is 60.4 Å². The molecule has 0 aliphatic rings. The smallest absolute Gasteiger partial charge is 0.312 e. The van der Waals surface area contributed by atoms with Crippen LogP contribution in [0.15, 0.2) is 73.4 Å². The number of rotatable bonds is 9. The summed E-state index contributed by atoms with van der Waals surface area (Å²) in [4.78, 5) is 39.8. The van der Waals surface area contributed by atoms with Gasteiger partial charge in [0.2, 0.25) is 5.75 Å². The minimum absolute atomic E-state index is 0.0432. The zero-order valence-electron chi connectivity index (χ0n) is 20.7. The molecule has 0 bridgehead atoms. The second kappa shape index (κ2) is 11.8. The summed E-state index contributed by atoms with van der Waals surface area (Å²) in [6.07, 6.45) is 2.07. The van der Waals surface area contributed by atoms with Gasteiger partial charge in [0.1, 0.15) is 12.4 Å². The van der Waals surface area contributed by atoms with Crippen LogP contribution < -0.4 is 10.3 Å².